The van der Waals surface area contributed by atoms with Gasteiger partial charge in [0.25, 0.3) is 0 Å². The smallest absolute Gasteiger partial charge is 0.0490 e. The topological polar surface area (TPSA) is 9.72 Å². The molecule has 0 N–H and O–H groups in total. The molecule has 0 fully saturated rings. The fourth-order valence-electron chi connectivity index (χ4n) is 10.7. The Balaban J connectivity index is 0.721. The van der Waals surface area contributed by atoms with Gasteiger partial charge >= 0.3 is 0 Å². The van der Waals surface area contributed by atoms with Crippen LogP contribution in [0.2, 0.25) is 0 Å². The molecule has 0 aromatic heterocycles. The van der Waals surface area contributed by atoms with E-state index in [2.05, 4.69) is 366 Å². The van der Waals surface area contributed by atoms with Gasteiger partial charge in [0.15, 0.2) is 0 Å². The molecule has 0 heterocycles. The molecule has 0 aliphatic rings. The van der Waals surface area contributed by atoms with E-state index in [0.717, 1.165) is 84.3 Å². The summed E-state index contributed by atoms with van der Waals surface area (Å²) < 4.78 is 0. The van der Waals surface area contributed by atoms with Crippen LogP contribution < -0.4 is 14.7 Å². The van der Waals surface area contributed by atoms with Crippen LogP contribution in [0.4, 0.5) is 51.2 Å². The summed E-state index contributed by atoms with van der Waals surface area (Å²) in [6, 6.07) is 93.9. The van der Waals surface area contributed by atoms with Crippen LogP contribution in [-0.2, 0) is 0 Å². The summed E-state index contributed by atoms with van der Waals surface area (Å²) >= 11 is 0. The molecule has 0 bridgehead atoms. The quantitative estimate of drug-likeness (QED) is 0.0842. The maximum atomic E-state index is 2.36. The zero-order chi connectivity index (χ0) is 57.1. The predicted molar refractivity (Wildman–Crippen MR) is 360 cm³/mol. The molecule has 11 aromatic carbocycles. The van der Waals surface area contributed by atoms with Gasteiger partial charge in [-0.3, -0.25) is 0 Å². The van der Waals surface area contributed by atoms with Crippen LogP contribution in [0.3, 0.4) is 0 Å². The lowest BCUT2D eigenvalue weighted by molar-refractivity contribution is 1.24. The molecule has 0 spiro atoms. The average Bonchev–Trinajstić information content (AvgIpc) is 3.67. The molecule has 404 valence electrons. The molecule has 0 unspecified atom stereocenters. The summed E-state index contributed by atoms with van der Waals surface area (Å²) in [5, 5.41) is 0. The molecule has 3 heteroatoms. The summed E-state index contributed by atoms with van der Waals surface area (Å²) in [5.74, 6) is 0. The van der Waals surface area contributed by atoms with Crippen LogP contribution in [-0.4, -0.2) is 0 Å². The zero-order valence-corrected chi connectivity index (χ0v) is 48.3. The molecule has 11 rings (SSSR count). The van der Waals surface area contributed by atoms with E-state index >= 15 is 0 Å². The van der Waals surface area contributed by atoms with Crippen LogP contribution in [0, 0.1) is 41.5 Å². The lowest BCUT2D eigenvalue weighted by Crippen LogP contribution is -2.11. The average molecular weight is 1070 g/mol. The molecule has 11 aromatic rings. The number of hydrogen-bond donors (Lipinski definition) is 0. The standard InChI is InChI=1S/C80H69N3/c1-58-17-52-78(61(4)55-58)81(72-13-9-7-10-14-72)74-44-36-68(37-45-74)32-28-64-20-24-66(25-21-64)30-34-70-40-48-76(49-41-70)83(80-54-19-60(3)57-63(80)6)77-50-42-71(43-51-77)35-31-67-26-22-65(23-27-67)29-33-69-38-46-75(47-39-69)82(73-15-11-8-12-16-73)79-53-18-59(2)56-62(79)5/h7-57H,1-6H3. The van der Waals surface area contributed by atoms with Crippen molar-refractivity contribution in [1.29, 1.82) is 0 Å². The Labute approximate surface area is 492 Å². The van der Waals surface area contributed by atoms with Crippen molar-refractivity contribution in [3.8, 4) is 0 Å². The van der Waals surface area contributed by atoms with E-state index in [1.807, 2.05) is 0 Å². The van der Waals surface area contributed by atoms with Gasteiger partial charge in [0.2, 0.25) is 0 Å². The minimum Gasteiger partial charge on any atom is -0.310 e. The first-order chi connectivity index (χ1) is 40.6. The highest BCUT2D eigenvalue weighted by atomic mass is 15.2. The Morgan fingerprint density at radius 3 is 0.566 bits per heavy atom. The molecule has 0 saturated heterocycles. The van der Waals surface area contributed by atoms with E-state index in [4.69, 9.17) is 0 Å². The van der Waals surface area contributed by atoms with Crippen LogP contribution >= 0.6 is 0 Å². The zero-order valence-electron chi connectivity index (χ0n) is 48.3. The SMILES string of the molecule is Cc1ccc(N(c2ccccc2)c2ccc(C=Cc3ccc(C=Cc4ccc(N(c5ccc(C=Cc6ccc(C=Cc7ccc(N(c8ccccc8)c8ccc(C)cc8C)cc7)cc6)cc5)c5ccc(C)cc5C)cc4)cc3)cc2)c(C)c1. The lowest BCUT2D eigenvalue weighted by Gasteiger charge is -2.27. The van der Waals surface area contributed by atoms with E-state index in [1.54, 1.807) is 0 Å². The second kappa shape index (κ2) is 25.5. The Bertz CT molecular complexity index is 3830. The van der Waals surface area contributed by atoms with Gasteiger partial charge in [0, 0.05) is 51.2 Å². The molecule has 0 amide bonds. The molecule has 0 aliphatic carbocycles. The first-order valence-electron chi connectivity index (χ1n) is 28.6. The number of rotatable bonds is 17. The molecule has 0 radical (unpaired) electrons. The fraction of sp³-hybridized carbons (Fsp3) is 0.0750. The maximum Gasteiger partial charge on any atom is 0.0490 e. The van der Waals surface area contributed by atoms with E-state index in [-0.39, 0.29) is 0 Å². The van der Waals surface area contributed by atoms with Crippen molar-refractivity contribution >= 4 is 99.8 Å². The second-order valence-corrected chi connectivity index (χ2v) is 21.6. The van der Waals surface area contributed by atoms with Crippen molar-refractivity contribution in [3.63, 3.8) is 0 Å². The molecule has 0 atom stereocenters. The summed E-state index contributed by atoms with van der Waals surface area (Å²) in [4.78, 5) is 7.02. The number of benzene rings is 11. The Kier molecular flexibility index (Phi) is 16.8. The van der Waals surface area contributed by atoms with Crippen LogP contribution in [0.1, 0.15) is 77.9 Å². The van der Waals surface area contributed by atoms with Gasteiger partial charge in [0.05, 0.1) is 0 Å². The van der Waals surface area contributed by atoms with Crippen molar-refractivity contribution in [1.82, 2.24) is 0 Å². The monoisotopic (exact) mass is 1070 g/mol. The normalized spacial score (nSPS) is 11.5. The van der Waals surface area contributed by atoms with Gasteiger partial charge < -0.3 is 14.7 Å². The van der Waals surface area contributed by atoms with E-state index in [1.165, 1.54) is 44.8 Å². The number of hydrogen-bond acceptors (Lipinski definition) is 3. The van der Waals surface area contributed by atoms with Crippen LogP contribution in [0.5, 0.6) is 0 Å². The van der Waals surface area contributed by atoms with Crippen LogP contribution in [0.25, 0.3) is 48.6 Å². The summed E-state index contributed by atoms with van der Waals surface area (Å²) in [5.41, 5.74) is 26.9. The highest BCUT2D eigenvalue weighted by Gasteiger charge is 2.18. The lowest BCUT2D eigenvalue weighted by atomic mass is 10.1. The number of nitrogens with zero attached hydrogens (tertiary/aromatic N) is 3. The van der Waals surface area contributed by atoms with E-state index < -0.39 is 0 Å². The van der Waals surface area contributed by atoms with Gasteiger partial charge in [-0.1, -0.05) is 235 Å². The molecule has 3 nitrogen and oxygen atoms in total. The molecule has 83 heavy (non-hydrogen) atoms. The minimum absolute atomic E-state index is 1.10. The third-order valence-corrected chi connectivity index (χ3v) is 15.2. The van der Waals surface area contributed by atoms with Gasteiger partial charge in [-0.2, -0.15) is 0 Å². The largest absolute Gasteiger partial charge is 0.310 e. The van der Waals surface area contributed by atoms with Crippen molar-refractivity contribution in [2.45, 2.75) is 41.5 Å². The summed E-state index contributed by atoms with van der Waals surface area (Å²) in [6.07, 6.45) is 17.5. The molecular formula is C80H69N3. The van der Waals surface area contributed by atoms with Crippen molar-refractivity contribution < 1.29 is 0 Å². The first-order valence-corrected chi connectivity index (χ1v) is 28.6. The number of aryl methyl sites for hydroxylation is 6. The third kappa shape index (κ3) is 13.5. The predicted octanol–water partition coefficient (Wildman–Crippen LogP) is 22.6. The Hall–Kier alpha value is -10.2. The Morgan fingerprint density at radius 1 is 0.193 bits per heavy atom. The van der Waals surface area contributed by atoms with Gasteiger partial charge in [-0.05, 0) is 194 Å². The third-order valence-electron chi connectivity index (χ3n) is 15.2. The van der Waals surface area contributed by atoms with E-state index in [0.29, 0.717) is 0 Å². The van der Waals surface area contributed by atoms with Gasteiger partial charge in [-0.15, -0.1) is 0 Å². The molecular weight excluding hydrogens is 1000 g/mol. The number of anilines is 9. The highest BCUT2D eigenvalue weighted by Crippen LogP contribution is 2.40. The Morgan fingerprint density at radius 2 is 0.373 bits per heavy atom. The van der Waals surface area contributed by atoms with Crippen molar-refractivity contribution in [2.24, 2.45) is 0 Å². The van der Waals surface area contributed by atoms with Crippen molar-refractivity contribution in [3.05, 3.63) is 339 Å². The van der Waals surface area contributed by atoms with Gasteiger partial charge in [-0.25, -0.2) is 0 Å². The second-order valence-electron chi connectivity index (χ2n) is 21.6. The van der Waals surface area contributed by atoms with Gasteiger partial charge in [0.1, 0.15) is 0 Å². The highest BCUT2D eigenvalue weighted by molar-refractivity contribution is 5.84. The first kappa shape index (κ1) is 54.7. The van der Waals surface area contributed by atoms with Crippen LogP contribution in [0.15, 0.2) is 261 Å². The molecule has 0 saturated carbocycles. The number of para-hydroxylation sites is 2. The summed E-state index contributed by atoms with van der Waals surface area (Å²) in [6.45, 7) is 13.0. The van der Waals surface area contributed by atoms with Crippen molar-refractivity contribution in [2.75, 3.05) is 14.7 Å². The minimum atomic E-state index is 1.10. The maximum absolute atomic E-state index is 2.36. The summed E-state index contributed by atoms with van der Waals surface area (Å²) in [7, 11) is 0. The fourth-order valence-corrected chi connectivity index (χ4v) is 10.7. The van der Waals surface area contributed by atoms with E-state index in [9.17, 15) is 0 Å². The molecule has 0 aliphatic heterocycles.